The van der Waals surface area contributed by atoms with Gasteiger partial charge in [-0.2, -0.15) is 5.10 Å². The molecule has 5 N–H and O–H groups in total. The van der Waals surface area contributed by atoms with Gasteiger partial charge in [-0.15, -0.1) is 10.2 Å². The van der Waals surface area contributed by atoms with Crippen molar-refractivity contribution in [3.63, 3.8) is 0 Å². The molecule has 2 aromatic carbocycles. The summed E-state index contributed by atoms with van der Waals surface area (Å²) in [4.78, 5) is 31.6. The molecule has 4 aliphatic heterocycles. The van der Waals surface area contributed by atoms with E-state index in [4.69, 9.17) is 10.5 Å². The number of carbonyl (C=O) groups is 2. The zero-order valence-electron chi connectivity index (χ0n) is 29.5. The molecule has 53 heavy (non-hydrogen) atoms. The van der Waals surface area contributed by atoms with Crippen LogP contribution in [-0.2, 0) is 9.59 Å². The number of piperidine rings is 1. The van der Waals surface area contributed by atoms with E-state index < -0.39 is 0 Å². The van der Waals surface area contributed by atoms with Crippen molar-refractivity contribution in [3.8, 4) is 28.4 Å². The van der Waals surface area contributed by atoms with E-state index in [0.717, 1.165) is 55.8 Å². The number of aliphatic hydroxyl groups is 1. The van der Waals surface area contributed by atoms with E-state index in [9.17, 15) is 19.8 Å². The number of anilines is 3. The lowest BCUT2D eigenvalue weighted by molar-refractivity contribution is -0.134. The van der Waals surface area contributed by atoms with Crippen LogP contribution in [0.4, 0.5) is 17.2 Å². The molecule has 1 aliphatic carbocycles. The summed E-state index contributed by atoms with van der Waals surface area (Å²) in [5.41, 5.74) is 11.0. The molecule has 0 radical (unpaired) electrons. The third-order valence-corrected chi connectivity index (χ3v) is 12.2. The lowest BCUT2D eigenvalue weighted by Gasteiger charge is -2.60. The number of fused-ring (bicyclic) bond motifs is 2. The number of piperazine rings is 1. The van der Waals surface area contributed by atoms with E-state index in [2.05, 4.69) is 47.4 Å². The van der Waals surface area contributed by atoms with Crippen molar-refractivity contribution >= 4 is 29.0 Å². The van der Waals surface area contributed by atoms with Crippen molar-refractivity contribution in [2.45, 2.75) is 75.0 Å². The van der Waals surface area contributed by atoms with E-state index in [-0.39, 0.29) is 42.1 Å². The molecule has 276 valence electrons. The number of benzene rings is 2. The molecule has 6 heterocycles. The fraction of sp³-hybridized carbons (Fsp3) is 0.462. The Kier molecular flexibility index (Phi) is 8.65. The summed E-state index contributed by atoms with van der Waals surface area (Å²) in [5, 5.41) is 36.4. The molecule has 3 saturated heterocycles. The number of aliphatic hydroxyl groups excluding tert-OH is 1. The highest BCUT2D eigenvalue weighted by Gasteiger charge is 2.50. The van der Waals surface area contributed by atoms with Crippen LogP contribution in [0, 0.1) is 5.92 Å². The normalized spacial score (nSPS) is 27.3. The average Bonchev–Trinajstić information content (AvgIpc) is 3.66. The van der Waals surface area contributed by atoms with Crippen molar-refractivity contribution in [3.05, 3.63) is 66.5 Å². The lowest BCUT2D eigenvalue weighted by Crippen LogP contribution is -2.72. The maximum absolute atomic E-state index is 12.7. The number of aromatic nitrogens is 4. The van der Waals surface area contributed by atoms with Crippen LogP contribution >= 0.6 is 0 Å². The Labute approximate surface area is 307 Å². The number of rotatable bonds is 7. The molecule has 0 spiro atoms. The SMILES string of the molecule is Nc1nnc(-c2ccccc2O)cc1-n1cc(N2C[C@H](CO)N3[C@@H](C[C@@H]3C3CCC(c4cccc5c4OCCN5[C@@H]4CCC(=O)NC4=O)CC3)C2)cn1. The first-order valence-corrected chi connectivity index (χ1v) is 18.8. The van der Waals surface area contributed by atoms with Gasteiger partial charge in [-0.05, 0) is 80.2 Å². The van der Waals surface area contributed by atoms with Crippen molar-refractivity contribution in [2.24, 2.45) is 5.92 Å². The van der Waals surface area contributed by atoms with Gasteiger partial charge in [0.25, 0.3) is 0 Å². The van der Waals surface area contributed by atoms with Crippen LogP contribution in [0.15, 0.2) is 60.9 Å². The standard InChI is InChI=1S/C39H45N9O5/c40-38-34(17-30(43-44-38)29-4-1-2-7-35(29)50)47-21-26(18-41-47)45-19-25-16-33(48(25)27(20-45)22-49)24-10-8-23(9-11-24)28-5-3-6-31-37(28)53-15-14-46(31)32-12-13-36(51)42-39(32)52/h1-7,17-18,21,23-25,27,32-33,49-50H,8-16,19-20,22H2,(H2,40,44)(H,42,51,52)/t23?,24?,25-,27+,32+,33+/m0/s1. The van der Waals surface area contributed by atoms with Gasteiger partial charge in [-0.25, -0.2) is 4.68 Å². The second-order valence-corrected chi connectivity index (χ2v) is 15.1. The first kappa shape index (κ1) is 33.6. The number of nitrogens with two attached hydrogens (primary N) is 1. The van der Waals surface area contributed by atoms with Gasteiger partial charge in [0.1, 0.15) is 29.8 Å². The van der Waals surface area contributed by atoms with E-state index in [1.165, 1.54) is 5.56 Å². The number of hydrogen-bond donors (Lipinski definition) is 4. The molecule has 4 aromatic rings. The minimum atomic E-state index is -0.356. The molecular weight excluding hydrogens is 674 g/mol. The molecule has 4 fully saturated rings. The first-order chi connectivity index (χ1) is 25.9. The largest absolute Gasteiger partial charge is 0.507 e. The topological polar surface area (TPSA) is 175 Å². The summed E-state index contributed by atoms with van der Waals surface area (Å²) in [6, 6.07) is 15.6. The Morgan fingerprint density at radius 1 is 0.981 bits per heavy atom. The molecule has 0 unspecified atom stereocenters. The van der Waals surface area contributed by atoms with Crippen LogP contribution in [0.3, 0.4) is 0 Å². The van der Waals surface area contributed by atoms with Crippen LogP contribution < -0.4 is 25.6 Å². The second kappa shape index (κ2) is 13.6. The van der Waals surface area contributed by atoms with Gasteiger partial charge in [0.15, 0.2) is 5.82 Å². The molecule has 1 saturated carbocycles. The molecule has 14 heteroatoms. The number of ether oxygens (including phenoxy) is 1. The highest BCUT2D eigenvalue weighted by molar-refractivity contribution is 6.02. The molecule has 2 aromatic heterocycles. The highest BCUT2D eigenvalue weighted by atomic mass is 16.5. The number of phenolic OH excluding ortho intramolecular Hbond substituents is 1. The lowest BCUT2D eigenvalue weighted by atomic mass is 9.70. The minimum absolute atomic E-state index is 0.0294. The summed E-state index contributed by atoms with van der Waals surface area (Å²) < 4.78 is 7.99. The molecule has 4 atom stereocenters. The monoisotopic (exact) mass is 719 g/mol. The summed E-state index contributed by atoms with van der Waals surface area (Å²) in [7, 11) is 0. The van der Waals surface area contributed by atoms with Gasteiger partial charge in [0.2, 0.25) is 11.8 Å². The fourth-order valence-electron chi connectivity index (χ4n) is 9.61. The third-order valence-electron chi connectivity index (χ3n) is 12.2. The molecular formula is C39H45N9O5. The van der Waals surface area contributed by atoms with Crippen molar-refractivity contribution in [1.82, 2.24) is 30.2 Å². The summed E-state index contributed by atoms with van der Waals surface area (Å²) in [6.07, 6.45) is 10.2. The second-order valence-electron chi connectivity index (χ2n) is 15.1. The molecule has 0 bridgehead atoms. The number of para-hydroxylation sites is 2. The number of phenols is 1. The van der Waals surface area contributed by atoms with Gasteiger partial charge < -0.3 is 30.5 Å². The van der Waals surface area contributed by atoms with Crippen molar-refractivity contribution in [1.29, 1.82) is 0 Å². The summed E-state index contributed by atoms with van der Waals surface area (Å²) >= 11 is 0. The average molecular weight is 720 g/mol. The van der Waals surface area contributed by atoms with Gasteiger partial charge >= 0.3 is 0 Å². The highest BCUT2D eigenvalue weighted by Crippen LogP contribution is 2.49. The van der Waals surface area contributed by atoms with E-state index in [1.807, 2.05) is 24.5 Å². The van der Waals surface area contributed by atoms with Gasteiger partial charge in [-0.1, -0.05) is 24.3 Å². The Morgan fingerprint density at radius 2 is 1.83 bits per heavy atom. The number of nitrogens with one attached hydrogen (secondary N) is 1. The summed E-state index contributed by atoms with van der Waals surface area (Å²) in [5.74, 6) is 1.80. The van der Waals surface area contributed by atoms with E-state index >= 15 is 0 Å². The molecule has 14 nitrogen and oxygen atoms in total. The minimum Gasteiger partial charge on any atom is -0.507 e. The van der Waals surface area contributed by atoms with Crippen LogP contribution in [0.25, 0.3) is 16.9 Å². The number of nitrogen functional groups attached to an aromatic ring is 1. The number of aromatic hydroxyl groups is 1. The predicted octanol–water partition coefficient (Wildman–Crippen LogP) is 3.22. The van der Waals surface area contributed by atoms with Gasteiger partial charge in [0, 0.05) is 37.2 Å². The zero-order valence-corrected chi connectivity index (χ0v) is 29.5. The van der Waals surface area contributed by atoms with Crippen molar-refractivity contribution < 1.29 is 24.5 Å². The van der Waals surface area contributed by atoms with Crippen molar-refractivity contribution in [2.75, 3.05) is 48.4 Å². The summed E-state index contributed by atoms with van der Waals surface area (Å²) in [6.45, 7) is 2.80. The zero-order chi connectivity index (χ0) is 36.2. The number of nitrogens with zero attached hydrogens (tertiary/aromatic N) is 7. The Morgan fingerprint density at radius 3 is 2.64 bits per heavy atom. The van der Waals surface area contributed by atoms with Gasteiger partial charge in [-0.3, -0.25) is 19.8 Å². The van der Waals surface area contributed by atoms with E-state index in [1.54, 1.807) is 28.9 Å². The number of hydrogen-bond acceptors (Lipinski definition) is 12. The molecule has 2 amide bonds. The molecule has 9 rings (SSSR count). The van der Waals surface area contributed by atoms with Gasteiger partial charge in [0.05, 0.1) is 48.7 Å². The van der Waals surface area contributed by atoms with E-state index in [0.29, 0.717) is 73.4 Å². The fourth-order valence-corrected chi connectivity index (χ4v) is 9.61. The maximum atomic E-state index is 12.7. The predicted molar refractivity (Wildman–Crippen MR) is 198 cm³/mol. The van der Waals surface area contributed by atoms with Crippen LogP contribution in [0.5, 0.6) is 11.5 Å². The Balaban J connectivity index is 0.848. The Hall–Kier alpha value is -5.21. The first-order valence-electron chi connectivity index (χ1n) is 18.8. The smallest absolute Gasteiger partial charge is 0.249 e. The molecule has 5 aliphatic rings. The Bertz CT molecular complexity index is 2030. The maximum Gasteiger partial charge on any atom is 0.249 e. The number of amides is 2. The van der Waals surface area contributed by atoms with Crippen LogP contribution in [-0.4, -0.2) is 104 Å². The third kappa shape index (κ3) is 6.03. The quantitative estimate of drug-likeness (QED) is 0.206. The number of carbonyl (C=O) groups excluding carboxylic acids is 2. The van der Waals surface area contributed by atoms with Crippen LogP contribution in [0.2, 0.25) is 0 Å². The number of imide groups is 1. The van der Waals surface area contributed by atoms with Crippen LogP contribution in [0.1, 0.15) is 56.4 Å².